The first kappa shape index (κ1) is 19.1. The van der Waals surface area contributed by atoms with Crippen LogP contribution in [-0.2, 0) is 14.8 Å². The Morgan fingerprint density at radius 1 is 1.11 bits per heavy atom. The Morgan fingerprint density at radius 3 is 2.36 bits per heavy atom. The molecule has 1 heterocycles. The van der Waals surface area contributed by atoms with Gasteiger partial charge in [0, 0.05) is 13.1 Å². The molecule has 2 aromatic carbocycles. The van der Waals surface area contributed by atoms with Crippen molar-refractivity contribution in [2.75, 3.05) is 11.5 Å². The highest BCUT2D eigenvalue weighted by Gasteiger charge is 2.15. The van der Waals surface area contributed by atoms with Crippen LogP contribution in [0.3, 0.4) is 0 Å². The molecule has 1 amide bonds. The SMILES string of the molecule is CC(=O)NS(=O)(=O)c1ccc(N=Cc2c(N)nn(-c3ccccc3)c2N)cc1. The fourth-order valence-corrected chi connectivity index (χ4v) is 3.45. The number of nitrogens with one attached hydrogen (secondary N) is 1. The second-order valence-electron chi connectivity index (χ2n) is 5.85. The van der Waals surface area contributed by atoms with Crippen molar-refractivity contribution in [2.24, 2.45) is 4.99 Å². The summed E-state index contributed by atoms with van der Waals surface area (Å²) in [6, 6.07) is 15.0. The molecule has 0 atom stereocenters. The molecule has 28 heavy (non-hydrogen) atoms. The molecule has 144 valence electrons. The molecule has 0 aliphatic rings. The van der Waals surface area contributed by atoms with Gasteiger partial charge in [-0.05, 0) is 36.4 Å². The van der Waals surface area contributed by atoms with Crippen LogP contribution >= 0.6 is 0 Å². The van der Waals surface area contributed by atoms with Crippen molar-refractivity contribution < 1.29 is 13.2 Å². The van der Waals surface area contributed by atoms with Gasteiger partial charge in [0.2, 0.25) is 5.91 Å². The molecular formula is C18H18N6O3S. The summed E-state index contributed by atoms with van der Waals surface area (Å²) in [7, 11) is -3.89. The zero-order valence-corrected chi connectivity index (χ0v) is 15.7. The van der Waals surface area contributed by atoms with E-state index in [0.717, 1.165) is 12.6 Å². The zero-order chi connectivity index (χ0) is 20.3. The number of nitrogens with two attached hydrogens (primary N) is 2. The van der Waals surface area contributed by atoms with E-state index < -0.39 is 15.9 Å². The Morgan fingerprint density at radius 2 is 1.75 bits per heavy atom. The van der Waals surface area contributed by atoms with E-state index in [9.17, 15) is 13.2 Å². The average molecular weight is 398 g/mol. The molecular weight excluding hydrogens is 380 g/mol. The summed E-state index contributed by atoms with van der Waals surface area (Å²) < 4.78 is 27.3. The van der Waals surface area contributed by atoms with Crippen molar-refractivity contribution >= 4 is 39.5 Å². The van der Waals surface area contributed by atoms with Gasteiger partial charge < -0.3 is 11.5 Å². The normalized spacial score (nSPS) is 11.6. The molecule has 1 aromatic heterocycles. The zero-order valence-electron chi connectivity index (χ0n) is 14.9. The Kier molecular flexibility index (Phi) is 5.14. The van der Waals surface area contributed by atoms with Crippen molar-refractivity contribution in [3.8, 4) is 5.69 Å². The largest absolute Gasteiger partial charge is 0.383 e. The summed E-state index contributed by atoms with van der Waals surface area (Å²) in [5.41, 5.74) is 13.8. The number of hydrogen-bond acceptors (Lipinski definition) is 7. The minimum atomic E-state index is -3.89. The second-order valence-corrected chi connectivity index (χ2v) is 7.53. The van der Waals surface area contributed by atoms with E-state index in [2.05, 4.69) is 10.1 Å². The number of carbonyl (C=O) groups excluding carboxylic acids is 1. The fourth-order valence-electron chi connectivity index (χ4n) is 2.46. The molecule has 0 radical (unpaired) electrons. The molecule has 9 nitrogen and oxygen atoms in total. The lowest BCUT2D eigenvalue weighted by Crippen LogP contribution is -2.28. The van der Waals surface area contributed by atoms with E-state index >= 15 is 0 Å². The van der Waals surface area contributed by atoms with Gasteiger partial charge in [-0.15, -0.1) is 5.10 Å². The molecule has 0 fully saturated rings. The molecule has 0 saturated heterocycles. The van der Waals surface area contributed by atoms with E-state index in [1.165, 1.54) is 35.2 Å². The third-order valence-electron chi connectivity index (χ3n) is 3.76. The molecule has 5 N–H and O–H groups in total. The molecule has 0 aliphatic heterocycles. The Hall–Kier alpha value is -3.66. The predicted octanol–water partition coefficient (Wildman–Crippen LogP) is 1.61. The highest BCUT2D eigenvalue weighted by molar-refractivity contribution is 7.90. The quantitative estimate of drug-likeness (QED) is 0.557. The minimum absolute atomic E-state index is 0.0439. The molecule has 3 aromatic rings. The topological polar surface area (TPSA) is 145 Å². The Balaban J connectivity index is 1.85. The highest BCUT2D eigenvalue weighted by atomic mass is 32.2. The third kappa shape index (κ3) is 4.01. The number of hydrogen-bond donors (Lipinski definition) is 3. The van der Waals surface area contributed by atoms with Crippen LogP contribution in [-0.4, -0.2) is 30.3 Å². The number of aliphatic imine (C=N–C) groups is 1. The first-order valence-corrected chi connectivity index (χ1v) is 9.63. The number of carbonyl (C=O) groups is 1. The summed E-state index contributed by atoms with van der Waals surface area (Å²) >= 11 is 0. The van der Waals surface area contributed by atoms with Crippen molar-refractivity contribution in [1.29, 1.82) is 0 Å². The van der Waals surface area contributed by atoms with Gasteiger partial charge in [0.05, 0.1) is 21.8 Å². The van der Waals surface area contributed by atoms with Crippen molar-refractivity contribution in [3.05, 3.63) is 60.2 Å². The van der Waals surface area contributed by atoms with Crippen LogP contribution in [0.4, 0.5) is 17.3 Å². The van der Waals surface area contributed by atoms with Crippen LogP contribution in [0.25, 0.3) is 5.69 Å². The average Bonchev–Trinajstić information content (AvgIpc) is 2.94. The summed E-state index contributed by atoms with van der Waals surface area (Å²) in [5, 5.41) is 4.23. The van der Waals surface area contributed by atoms with Crippen LogP contribution in [0.2, 0.25) is 0 Å². The number of anilines is 2. The van der Waals surface area contributed by atoms with Crippen LogP contribution in [0.15, 0.2) is 64.5 Å². The number of aromatic nitrogens is 2. The number of nitrogen functional groups attached to an aromatic ring is 2. The van der Waals surface area contributed by atoms with Gasteiger partial charge in [0.15, 0.2) is 5.82 Å². The van der Waals surface area contributed by atoms with Gasteiger partial charge in [0.25, 0.3) is 10.0 Å². The van der Waals surface area contributed by atoms with Crippen LogP contribution in [0.5, 0.6) is 0 Å². The first-order chi connectivity index (χ1) is 13.3. The van der Waals surface area contributed by atoms with E-state index in [-0.39, 0.29) is 10.7 Å². The number of sulfonamides is 1. The second kappa shape index (κ2) is 7.53. The van der Waals surface area contributed by atoms with E-state index in [1.807, 2.05) is 35.1 Å². The lowest BCUT2D eigenvalue weighted by Gasteiger charge is -2.04. The molecule has 0 bridgehead atoms. The predicted molar refractivity (Wildman–Crippen MR) is 107 cm³/mol. The van der Waals surface area contributed by atoms with Gasteiger partial charge in [0.1, 0.15) is 5.82 Å². The summed E-state index contributed by atoms with van der Waals surface area (Å²) in [6.07, 6.45) is 1.47. The van der Waals surface area contributed by atoms with Gasteiger partial charge >= 0.3 is 0 Å². The van der Waals surface area contributed by atoms with Gasteiger partial charge in [-0.1, -0.05) is 18.2 Å². The van der Waals surface area contributed by atoms with Crippen molar-refractivity contribution in [1.82, 2.24) is 14.5 Å². The number of nitrogens with zero attached hydrogens (tertiary/aromatic N) is 3. The molecule has 3 rings (SSSR count). The summed E-state index contributed by atoms with van der Waals surface area (Å²) in [4.78, 5) is 15.2. The Labute approximate surface area is 161 Å². The van der Waals surface area contributed by atoms with E-state index in [4.69, 9.17) is 11.5 Å². The van der Waals surface area contributed by atoms with Crippen LogP contribution in [0.1, 0.15) is 12.5 Å². The maximum atomic E-state index is 11.9. The number of amides is 1. The molecule has 0 unspecified atom stereocenters. The van der Waals surface area contributed by atoms with E-state index in [0.29, 0.717) is 17.1 Å². The van der Waals surface area contributed by atoms with Gasteiger partial charge in [-0.25, -0.2) is 17.8 Å². The highest BCUT2D eigenvalue weighted by Crippen LogP contribution is 2.23. The standard InChI is InChI=1S/C18H18N6O3S/c1-12(25)23-28(26,27)15-9-7-13(8-10-15)21-11-16-17(19)22-24(18(16)20)14-5-3-2-4-6-14/h2-11H,20H2,1H3,(H2,19,22)(H,23,25). The minimum Gasteiger partial charge on any atom is -0.383 e. The molecule has 10 heteroatoms. The molecule has 0 aliphatic carbocycles. The third-order valence-corrected chi connectivity index (χ3v) is 5.21. The maximum Gasteiger partial charge on any atom is 0.264 e. The van der Waals surface area contributed by atoms with E-state index in [1.54, 1.807) is 0 Å². The number of para-hydroxylation sites is 1. The lowest BCUT2D eigenvalue weighted by atomic mass is 10.3. The summed E-state index contributed by atoms with van der Waals surface area (Å²) in [5.74, 6) is -0.115. The summed E-state index contributed by atoms with van der Waals surface area (Å²) in [6.45, 7) is 1.13. The van der Waals surface area contributed by atoms with Crippen LogP contribution < -0.4 is 16.2 Å². The van der Waals surface area contributed by atoms with Gasteiger partial charge in [-0.2, -0.15) is 0 Å². The van der Waals surface area contributed by atoms with Gasteiger partial charge in [-0.3, -0.25) is 9.79 Å². The van der Waals surface area contributed by atoms with Crippen LogP contribution in [0, 0.1) is 0 Å². The maximum absolute atomic E-state index is 11.9. The Bertz CT molecular complexity index is 1140. The molecule has 0 spiro atoms. The van der Waals surface area contributed by atoms with Crippen molar-refractivity contribution in [3.63, 3.8) is 0 Å². The van der Waals surface area contributed by atoms with Crippen molar-refractivity contribution in [2.45, 2.75) is 11.8 Å². The first-order valence-electron chi connectivity index (χ1n) is 8.15. The number of benzene rings is 2. The fraction of sp³-hybridized carbons (Fsp3) is 0.0556. The smallest absolute Gasteiger partial charge is 0.264 e. The number of rotatable bonds is 5. The molecule has 0 saturated carbocycles. The monoisotopic (exact) mass is 398 g/mol. The lowest BCUT2D eigenvalue weighted by molar-refractivity contribution is -0.117.